The average Bonchev–Trinajstić information content (AvgIpc) is 3.19. The lowest BCUT2D eigenvalue weighted by atomic mass is 9.97. The highest BCUT2D eigenvalue weighted by atomic mass is 16.5. The highest BCUT2D eigenvalue weighted by Crippen LogP contribution is 2.37. The number of hydrogen-bond donors (Lipinski definition) is 1. The van der Waals surface area contributed by atoms with Crippen molar-refractivity contribution in [1.29, 1.82) is 0 Å². The zero-order valence-corrected chi connectivity index (χ0v) is 15.3. The summed E-state index contributed by atoms with van der Waals surface area (Å²) >= 11 is 0. The van der Waals surface area contributed by atoms with E-state index in [2.05, 4.69) is 10.1 Å². The summed E-state index contributed by atoms with van der Waals surface area (Å²) in [6.07, 6.45) is 3.65. The summed E-state index contributed by atoms with van der Waals surface area (Å²) in [5, 5.41) is 16.4. The normalized spacial score (nSPS) is 16.0. The van der Waals surface area contributed by atoms with Crippen LogP contribution < -0.4 is 4.74 Å². The number of amides is 1. The molecule has 0 spiro atoms. The molecule has 0 bridgehead atoms. The number of aromatic hydroxyl groups is 1. The second-order valence-corrected chi connectivity index (χ2v) is 6.44. The van der Waals surface area contributed by atoms with Crippen molar-refractivity contribution < 1.29 is 14.6 Å². The molecule has 140 valence electrons. The van der Waals surface area contributed by atoms with Crippen molar-refractivity contribution in [3.8, 4) is 11.5 Å². The van der Waals surface area contributed by atoms with Crippen molar-refractivity contribution in [2.24, 2.45) is 5.10 Å². The van der Waals surface area contributed by atoms with Crippen LogP contribution in [0, 0.1) is 0 Å². The van der Waals surface area contributed by atoms with Gasteiger partial charge >= 0.3 is 0 Å². The fourth-order valence-electron chi connectivity index (χ4n) is 3.29. The average molecular weight is 373 g/mol. The van der Waals surface area contributed by atoms with Gasteiger partial charge in [-0.2, -0.15) is 5.10 Å². The maximum Gasteiger partial charge on any atom is 0.274 e. The molecule has 0 aliphatic carbocycles. The van der Waals surface area contributed by atoms with Gasteiger partial charge in [-0.25, -0.2) is 5.01 Å². The molecule has 28 heavy (non-hydrogen) atoms. The van der Waals surface area contributed by atoms with Crippen LogP contribution in [0.4, 0.5) is 0 Å². The van der Waals surface area contributed by atoms with E-state index in [-0.39, 0.29) is 17.7 Å². The number of hydrogen-bond acceptors (Lipinski definition) is 5. The minimum Gasteiger partial charge on any atom is -0.508 e. The van der Waals surface area contributed by atoms with E-state index in [4.69, 9.17) is 4.74 Å². The zero-order valence-electron chi connectivity index (χ0n) is 15.3. The predicted molar refractivity (Wildman–Crippen MR) is 105 cm³/mol. The lowest BCUT2D eigenvalue weighted by molar-refractivity contribution is 0.0709. The van der Waals surface area contributed by atoms with Gasteiger partial charge in [-0.05, 0) is 48.0 Å². The maximum absolute atomic E-state index is 13.1. The topological polar surface area (TPSA) is 75.0 Å². The van der Waals surface area contributed by atoms with Gasteiger partial charge in [-0.3, -0.25) is 9.78 Å². The van der Waals surface area contributed by atoms with E-state index in [1.54, 1.807) is 43.8 Å². The standard InChI is InChI=1S/C22H19N3O3/c1-28-17-8-6-15(7-9-17)19-14-20(18-4-2-3-5-21(18)26)25(24-19)22(27)16-10-12-23-13-11-16/h2-13,20,26H,14H2,1H3. The van der Waals surface area contributed by atoms with Crippen LogP contribution >= 0.6 is 0 Å². The van der Waals surface area contributed by atoms with Crippen molar-refractivity contribution in [3.05, 3.63) is 89.7 Å². The molecule has 0 fully saturated rings. The van der Waals surface area contributed by atoms with Crippen LogP contribution in [0.3, 0.4) is 0 Å². The van der Waals surface area contributed by atoms with Crippen molar-refractivity contribution >= 4 is 11.6 Å². The number of carbonyl (C=O) groups is 1. The predicted octanol–water partition coefficient (Wildman–Crippen LogP) is 3.79. The number of phenolic OH excluding ortho intramolecular Hbond substituents is 1. The van der Waals surface area contributed by atoms with Gasteiger partial charge in [0.15, 0.2) is 0 Å². The van der Waals surface area contributed by atoms with E-state index in [1.165, 1.54) is 5.01 Å². The fourth-order valence-corrected chi connectivity index (χ4v) is 3.29. The quantitative estimate of drug-likeness (QED) is 0.755. The summed E-state index contributed by atoms with van der Waals surface area (Å²) in [4.78, 5) is 17.1. The Balaban J connectivity index is 1.73. The molecular formula is C22H19N3O3. The first kappa shape index (κ1) is 17.7. The molecule has 1 N–H and O–H groups in total. The first-order valence-corrected chi connectivity index (χ1v) is 8.91. The van der Waals surface area contributed by atoms with E-state index in [1.807, 2.05) is 36.4 Å². The summed E-state index contributed by atoms with van der Waals surface area (Å²) in [6.45, 7) is 0. The molecule has 1 atom stereocenters. The van der Waals surface area contributed by atoms with E-state index in [9.17, 15) is 9.90 Å². The third kappa shape index (κ3) is 3.32. The second kappa shape index (κ2) is 7.52. The summed E-state index contributed by atoms with van der Waals surface area (Å²) < 4.78 is 5.21. The third-order valence-electron chi connectivity index (χ3n) is 4.76. The number of nitrogens with zero attached hydrogens (tertiary/aromatic N) is 3. The Hall–Kier alpha value is -3.67. The minimum atomic E-state index is -0.390. The third-order valence-corrected chi connectivity index (χ3v) is 4.76. The molecule has 6 heteroatoms. The van der Waals surface area contributed by atoms with Gasteiger partial charge in [0.2, 0.25) is 0 Å². The van der Waals surface area contributed by atoms with Crippen LogP contribution in [0.2, 0.25) is 0 Å². The first-order chi connectivity index (χ1) is 13.7. The molecular weight excluding hydrogens is 354 g/mol. The van der Waals surface area contributed by atoms with Gasteiger partial charge in [0, 0.05) is 29.9 Å². The van der Waals surface area contributed by atoms with E-state index >= 15 is 0 Å². The molecule has 1 aliphatic rings. The molecule has 4 rings (SSSR count). The number of rotatable bonds is 4. The SMILES string of the molecule is COc1ccc(C2=NN(C(=O)c3ccncc3)C(c3ccccc3O)C2)cc1. The van der Waals surface area contributed by atoms with Crippen LogP contribution in [0.1, 0.15) is 33.9 Å². The monoisotopic (exact) mass is 373 g/mol. The molecule has 3 aromatic rings. The largest absolute Gasteiger partial charge is 0.508 e. The van der Waals surface area contributed by atoms with Crippen molar-refractivity contribution in [1.82, 2.24) is 9.99 Å². The van der Waals surface area contributed by atoms with Gasteiger partial charge in [0.05, 0.1) is 18.9 Å². The van der Waals surface area contributed by atoms with Crippen molar-refractivity contribution in [2.75, 3.05) is 7.11 Å². The number of phenols is 1. The maximum atomic E-state index is 13.1. The molecule has 1 aromatic heterocycles. The van der Waals surface area contributed by atoms with Crippen LogP contribution in [0.25, 0.3) is 0 Å². The Morgan fingerprint density at radius 1 is 1.07 bits per heavy atom. The highest BCUT2D eigenvalue weighted by Gasteiger charge is 2.35. The highest BCUT2D eigenvalue weighted by molar-refractivity contribution is 6.05. The fraction of sp³-hybridized carbons (Fsp3) is 0.136. The van der Waals surface area contributed by atoms with Crippen molar-refractivity contribution in [2.45, 2.75) is 12.5 Å². The Bertz CT molecular complexity index is 1020. The summed E-state index contributed by atoms with van der Waals surface area (Å²) in [7, 11) is 1.62. The molecule has 2 aromatic carbocycles. The summed E-state index contributed by atoms with van der Waals surface area (Å²) in [6, 6.07) is 17.5. The van der Waals surface area contributed by atoms with E-state index in [0.29, 0.717) is 17.5 Å². The number of hydrazone groups is 1. The Morgan fingerprint density at radius 3 is 2.46 bits per heavy atom. The van der Waals surface area contributed by atoms with Gasteiger partial charge in [0.25, 0.3) is 5.91 Å². The molecule has 1 amide bonds. The number of ether oxygens (including phenoxy) is 1. The van der Waals surface area contributed by atoms with Crippen LogP contribution in [-0.2, 0) is 0 Å². The minimum absolute atomic E-state index is 0.145. The number of carbonyl (C=O) groups excluding carboxylic acids is 1. The zero-order chi connectivity index (χ0) is 19.5. The number of para-hydroxylation sites is 1. The van der Waals surface area contributed by atoms with Gasteiger partial charge < -0.3 is 9.84 Å². The lowest BCUT2D eigenvalue weighted by Gasteiger charge is -2.22. The number of benzene rings is 2. The molecule has 6 nitrogen and oxygen atoms in total. The summed E-state index contributed by atoms with van der Waals surface area (Å²) in [5.74, 6) is 0.662. The smallest absolute Gasteiger partial charge is 0.274 e. The van der Waals surface area contributed by atoms with Crippen LogP contribution in [0.5, 0.6) is 11.5 Å². The second-order valence-electron chi connectivity index (χ2n) is 6.44. The van der Waals surface area contributed by atoms with Crippen LogP contribution in [0.15, 0.2) is 78.2 Å². The van der Waals surface area contributed by atoms with E-state index < -0.39 is 0 Å². The molecule has 2 heterocycles. The first-order valence-electron chi connectivity index (χ1n) is 8.91. The number of methoxy groups -OCH3 is 1. The molecule has 0 saturated carbocycles. The number of pyridine rings is 1. The van der Waals surface area contributed by atoms with Crippen molar-refractivity contribution in [3.63, 3.8) is 0 Å². The Kier molecular flexibility index (Phi) is 4.76. The molecule has 0 radical (unpaired) electrons. The molecule has 1 aliphatic heterocycles. The summed E-state index contributed by atoms with van der Waals surface area (Å²) in [5.41, 5.74) is 2.84. The van der Waals surface area contributed by atoms with Gasteiger partial charge in [-0.1, -0.05) is 18.2 Å². The van der Waals surface area contributed by atoms with Crippen LogP contribution in [-0.4, -0.2) is 33.8 Å². The Morgan fingerprint density at radius 2 is 1.79 bits per heavy atom. The molecule has 0 saturated heterocycles. The van der Waals surface area contributed by atoms with E-state index in [0.717, 1.165) is 17.0 Å². The van der Waals surface area contributed by atoms with Gasteiger partial charge in [-0.15, -0.1) is 0 Å². The molecule has 1 unspecified atom stereocenters. The lowest BCUT2D eigenvalue weighted by Crippen LogP contribution is -2.27. The Labute approximate surface area is 162 Å². The number of aromatic nitrogens is 1. The van der Waals surface area contributed by atoms with Gasteiger partial charge in [0.1, 0.15) is 11.5 Å².